The van der Waals surface area contributed by atoms with E-state index in [-0.39, 0.29) is 47.7 Å². The Hall–Kier alpha value is -2.30. The summed E-state index contributed by atoms with van der Waals surface area (Å²) in [4.78, 5) is 21.5. The van der Waals surface area contributed by atoms with Crippen LogP contribution in [0.25, 0.3) is 10.9 Å². The van der Waals surface area contributed by atoms with Crippen molar-refractivity contribution in [2.24, 2.45) is 0 Å². The molecule has 8 nitrogen and oxygen atoms in total. The molecule has 2 aromatic carbocycles. The van der Waals surface area contributed by atoms with Crippen molar-refractivity contribution in [3.8, 4) is 0 Å². The zero-order valence-corrected chi connectivity index (χ0v) is 24.4. The molecule has 1 aliphatic rings. The Kier molecular flexibility index (Phi) is 11.5. The smallest absolute Gasteiger partial charge is 0.336 e. The fourth-order valence-corrected chi connectivity index (χ4v) is 6.21. The van der Waals surface area contributed by atoms with Crippen molar-refractivity contribution in [1.82, 2.24) is 9.88 Å². The topological polar surface area (TPSA) is 103 Å². The number of piperazine rings is 1. The number of aryl methyl sites for hydroxylation is 3. The number of pyridine rings is 1. The van der Waals surface area contributed by atoms with Crippen molar-refractivity contribution >= 4 is 75.6 Å². The maximum atomic E-state index is 13.2. The lowest BCUT2D eigenvalue weighted by Crippen LogP contribution is -2.46. The Balaban J connectivity index is 0.00000228. The molecular formula is C25H33Cl3N4O4S. The summed E-state index contributed by atoms with van der Waals surface area (Å²) in [5, 5.41) is 10.3. The predicted molar refractivity (Wildman–Crippen MR) is 156 cm³/mol. The van der Waals surface area contributed by atoms with Gasteiger partial charge >= 0.3 is 5.97 Å². The number of aromatic nitrogens is 1. The molecule has 1 fully saturated rings. The predicted octanol–water partition coefficient (Wildman–Crippen LogP) is 5.07. The van der Waals surface area contributed by atoms with Gasteiger partial charge in [-0.3, -0.25) is 4.72 Å². The average molecular weight is 592 g/mol. The number of nitrogens with zero attached hydrogens (tertiary/aromatic N) is 3. The molecule has 3 aromatic rings. The molecule has 1 aromatic heterocycles. The average Bonchev–Trinajstić information content (AvgIpc) is 2.77. The van der Waals surface area contributed by atoms with Crippen LogP contribution in [-0.4, -0.2) is 62.1 Å². The molecule has 1 aliphatic heterocycles. The molecule has 2 N–H and O–H groups in total. The molecule has 2 heterocycles. The first-order valence-electron chi connectivity index (χ1n) is 11.3. The minimum atomic E-state index is -3.86. The van der Waals surface area contributed by atoms with Gasteiger partial charge in [-0.1, -0.05) is 24.6 Å². The van der Waals surface area contributed by atoms with Gasteiger partial charge in [-0.05, 0) is 62.7 Å². The molecular weight excluding hydrogens is 559 g/mol. The second-order valence-electron chi connectivity index (χ2n) is 8.82. The molecule has 4 rings (SSSR count). The van der Waals surface area contributed by atoms with Crippen molar-refractivity contribution < 1.29 is 18.3 Å². The van der Waals surface area contributed by atoms with Crippen molar-refractivity contribution in [2.75, 3.05) is 42.3 Å². The number of carboxylic acid groups (broad SMARTS) is 1. The van der Waals surface area contributed by atoms with E-state index in [0.29, 0.717) is 33.5 Å². The monoisotopic (exact) mass is 590 g/mol. The number of nitrogens with one attached hydrogen (secondary N) is 1. The fraction of sp³-hybridized carbons (Fsp3) is 0.360. The van der Waals surface area contributed by atoms with Gasteiger partial charge in [-0.2, -0.15) is 0 Å². The van der Waals surface area contributed by atoms with E-state index < -0.39 is 16.0 Å². The molecule has 0 amide bonds. The van der Waals surface area contributed by atoms with Gasteiger partial charge in [0.1, 0.15) is 5.82 Å². The molecule has 37 heavy (non-hydrogen) atoms. The van der Waals surface area contributed by atoms with E-state index in [1.165, 1.54) is 0 Å². The first-order chi connectivity index (χ1) is 16.1. The molecule has 204 valence electrons. The van der Waals surface area contributed by atoms with Crippen LogP contribution in [0.4, 0.5) is 11.5 Å². The molecule has 0 radical (unpaired) electrons. The van der Waals surface area contributed by atoms with Gasteiger partial charge in [0.25, 0.3) is 10.0 Å². The van der Waals surface area contributed by atoms with E-state index >= 15 is 0 Å². The van der Waals surface area contributed by atoms with Crippen LogP contribution in [0.2, 0.25) is 0 Å². The lowest BCUT2D eigenvalue weighted by atomic mass is 10.1. The van der Waals surface area contributed by atoms with Crippen molar-refractivity contribution in [3.05, 3.63) is 58.7 Å². The zero-order chi connectivity index (χ0) is 24.6. The Morgan fingerprint density at radius 2 is 1.57 bits per heavy atom. The molecule has 12 heteroatoms. The minimum absolute atomic E-state index is 0. The maximum absolute atomic E-state index is 13.2. The molecule has 0 saturated carbocycles. The van der Waals surface area contributed by atoms with E-state index in [0.717, 1.165) is 38.3 Å². The summed E-state index contributed by atoms with van der Waals surface area (Å²) in [6, 6.07) is 10.1. The second-order valence-corrected chi connectivity index (χ2v) is 10.4. The fourth-order valence-electron chi connectivity index (χ4n) is 4.70. The SMILES string of the molecule is CCN1CCN(c2cc(C(=O)O)c3cc(NS(=O)(=O)c4c(C)cc(C)cc4C)ccc3n2)CC1.Cl.Cl.Cl. The molecule has 0 spiro atoms. The highest BCUT2D eigenvalue weighted by Gasteiger charge is 2.23. The van der Waals surface area contributed by atoms with Crippen molar-refractivity contribution in [3.63, 3.8) is 0 Å². The van der Waals surface area contributed by atoms with Gasteiger partial charge in [-0.15, -0.1) is 37.2 Å². The van der Waals surface area contributed by atoms with Crippen LogP contribution in [0, 0.1) is 20.8 Å². The van der Waals surface area contributed by atoms with Crippen LogP contribution in [0.5, 0.6) is 0 Å². The number of aromatic carboxylic acids is 1. The largest absolute Gasteiger partial charge is 0.478 e. The number of halogens is 3. The van der Waals surface area contributed by atoms with Crippen LogP contribution < -0.4 is 9.62 Å². The van der Waals surface area contributed by atoms with Crippen LogP contribution in [0.15, 0.2) is 41.3 Å². The second kappa shape index (κ2) is 13.0. The number of sulfonamides is 1. The van der Waals surface area contributed by atoms with Crippen molar-refractivity contribution in [1.29, 1.82) is 0 Å². The minimum Gasteiger partial charge on any atom is -0.478 e. The summed E-state index contributed by atoms with van der Waals surface area (Å²) in [5.41, 5.74) is 3.21. The van der Waals surface area contributed by atoms with Crippen LogP contribution >= 0.6 is 37.2 Å². The van der Waals surface area contributed by atoms with Gasteiger partial charge in [0.05, 0.1) is 16.0 Å². The number of hydrogen-bond acceptors (Lipinski definition) is 6. The first-order valence-corrected chi connectivity index (χ1v) is 12.8. The summed E-state index contributed by atoms with van der Waals surface area (Å²) in [6.45, 7) is 11.9. The quantitative estimate of drug-likeness (QED) is 0.413. The number of likely N-dealkylation sites (N-methyl/N-ethyl adjacent to an activating group) is 1. The summed E-state index contributed by atoms with van der Waals surface area (Å²) in [6.07, 6.45) is 0. The van der Waals surface area contributed by atoms with Gasteiger partial charge in [-0.25, -0.2) is 18.2 Å². The van der Waals surface area contributed by atoms with Crippen LogP contribution in [0.3, 0.4) is 0 Å². The standard InChI is InChI=1S/C25H30N4O4S.3ClH/c1-5-28-8-10-29(11-9-28)23-15-21(25(30)31)20-14-19(6-7-22(20)26-23)27-34(32,33)24-17(3)12-16(2)13-18(24)4;;;/h6-7,12-15,27H,5,8-11H2,1-4H3,(H,30,31);3*1H. The van der Waals surface area contributed by atoms with Gasteiger partial charge < -0.3 is 14.9 Å². The van der Waals surface area contributed by atoms with Gasteiger partial charge in [0.2, 0.25) is 0 Å². The highest BCUT2D eigenvalue weighted by Crippen LogP contribution is 2.29. The molecule has 1 saturated heterocycles. The van der Waals surface area contributed by atoms with E-state index in [4.69, 9.17) is 4.98 Å². The number of fused-ring (bicyclic) bond motifs is 1. The van der Waals surface area contributed by atoms with Crippen LogP contribution in [-0.2, 0) is 10.0 Å². The van der Waals surface area contributed by atoms with Crippen LogP contribution in [0.1, 0.15) is 34.0 Å². The number of rotatable bonds is 6. The number of hydrogen-bond donors (Lipinski definition) is 2. The third-order valence-corrected chi connectivity index (χ3v) is 7.98. The maximum Gasteiger partial charge on any atom is 0.336 e. The number of carboxylic acids is 1. The summed E-state index contributed by atoms with van der Waals surface area (Å²) < 4.78 is 29.0. The van der Waals surface area contributed by atoms with Gasteiger partial charge in [0.15, 0.2) is 0 Å². The van der Waals surface area contributed by atoms with Crippen molar-refractivity contribution in [2.45, 2.75) is 32.6 Å². The Morgan fingerprint density at radius 3 is 2.11 bits per heavy atom. The van der Waals surface area contributed by atoms with Gasteiger partial charge in [0, 0.05) is 37.3 Å². The summed E-state index contributed by atoms with van der Waals surface area (Å²) in [5.74, 6) is -0.453. The highest BCUT2D eigenvalue weighted by atomic mass is 35.5. The number of anilines is 2. The summed E-state index contributed by atoms with van der Waals surface area (Å²) in [7, 11) is -3.86. The van der Waals surface area contributed by atoms with E-state index in [1.54, 1.807) is 38.1 Å². The third kappa shape index (κ3) is 6.97. The zero-order valence-electron chi connectivity index (χ0n) is 21.1. The lowest BCUT2D eigenvalue weighted by molar-refractivity contribution is 0.0699. The molecule has 0 atom stereocenters. The number of carbonyl (C=O) groups is 1. The lowest BCUT2D eigenvalue weighted by Gasteiger charge is -2.35. The highest BCUT2D eigenvalue weighted by molar-refractivity contribution is 7.92. The Bertz CT molecular complexity index is 1350. The molecule has 0 unspecified atom stereocenters. The number of benzene rings is 2. The van der Waals surface area contributed by atoms with E-state index in [2.05, 4.69) is 21.4 Å². The Labute approximate surface area is 236 Å². The Morgan fingerprint density at radius 1 is 0.973 bits per heavy atom. The van der Waals surface area contributed by atoms with E-state index in [9.17, 15) is 18.3 Å². The normalized spacial score (nSPS) is 13.8. The first kappa shape index (κ1) is 32.7. The molecule has 0 aliphatic carbocycles. The van der Waals surface area contributed by atoms with E-state index in [1.807, 2.05) is 19.1 Å². The summed E-state index contributed by atoms with van der Waals surface area (Å²) >= 11 is 0. The molecule has 0 bridgehead atoms. The third-order valence-electron chi connectivity index (χ3n) is 6.29.